The van der Waals surface area contributed by atoms with E-state index in [0.29, 0.717) is 6.61 Å². The molecule has 0 bridgehead atoms. The van der Waals surface area contributed by atoms with Crippen LogP contribution in [-0.4, -0.2) is 23.1 Å². The van der Waals surface area contributed by atoms with Crippen LogP contribution in [0.3, 0.4) is 0 Å². The van der Waals surface area contributed by atoms with Gasteiger partial charge in [-0.25, -0.2) is 4.79 Å². The minimum Gasteiger partial charge on any atom is -0.494 e. The van der Waals surface area contributed by atoms with E-state index in [1.807, 2.05) is 85.8 Å². The summed E-state index contributed by atoms with van der Waals surface area (Å²) in [6, 6.07) is 29.5. The van der Waals surface area contributed by atoms with Gasteiger partial charge in [0.25, 0.3) is 5.91 Å². The zero-order valence-corrected chi connectivity index (χ0v) is 18.6. The first-order chi connectivity index (χ1) is 16.6. The van der Waals surface area contributed by atoms with Gasteiger partial charge in [-0.15, -0.1) is 0 Å². The largest absolute Gasteiger partial charge is 0.494 e. The van der Waals surface area contributed by atoms with Gasteiger partial charge in [0.15, 0.2) is 0 Å². The van der Waals surface area contributed by atoms with Crippen LogP contribution in [0.5, 0.6) is 5.75 Å². The molecule has 5 rings (SSSR count). The lowest BCUT2D eigenvalue weighted by Gasteiger charge is -2.16. The van der Waals surface area contributed by atoms with Crippen LogP contribution in [0.25, 0.3) is 34.3 Å². The van der Waals surface area contributed by atoms with Gasteiger partial charge in [0.05, 0.1) is 18.0 Å². The number of carbonyl (C=O) groups is 2. The maximum Gasteiger partial charge on any atom is 0.326 e. The smallest absolute Gasteiger partial charge is 0.326 e. The second-order valence-electron chi connectivity index (χ2n) is 7.79. The fraction of sp³-hybridized carbons (Fsp3) is 0.0714. The van der Waals surface area contributed by atoms with E-state index in [1.54, 1.807) is 6.08 Å². The van der Waals surface area contributed by atoms with E-state index in [1.165, 1.54) is 0 Å². The Morgan fingerprint density at radius 3 is 2.06 bits per heavy atom. The summed E-state index contributed by atoms with van der Waals surface area (Å²) in [5.74, 6) is 0.354. The molecule has 4 aromatic rings. The molecule has 0 atom stereocenters. The van der Waals surface area contributed by atoms with Gasteiger partial charge in [0, 0.05) is 11.3 Å². The van der Waals surface area contributed by atoms with Gasteiger partial charge in [-0.2, -0.15) is 0 Å². The van der Waals surface area contributed by atoms with Crippen molar-refractivity contribution in [2.45, 2.75) is 6.92 Å². The maximum absolute atomic E-state index is 12.3. The number of benzene rings is 3. The molecule has 6 heteroatoms. The monoisotopic (exact) mass is 449 g/mol. The zero-order valence-electron chi connectivity index (χ0n) is 18.6. The second-order valence-corrected chi connectivity index (χ2v) is 7.79. The molecule has 2 heterocycles. The zero-order chi connectivity index (χ0) is 23.5. The van der Waals surface area contributed by atoms with E-state index in [2.05, 4.69) is 27.3 Å². The molecular formula is C28H23N3O3. The highest BCUT2D eigenvalue weighted by Crippen LogP contribution is 2.37. The Balaban J connectivity index is 1.78. The average Bonchev–Trinajstić information content (AvgIpc) is 3.40. The molecule has 1 fully saturated rings. The number of aromatic nitrogens is 1. The van der Waals surface area contributed by atoms with Crippen molar-refractivity contribution in [1.29, 1.82) is 0 Å². The molecule has 168 valence electrons. The summed E-state index contributed by atoms with van der Waals surface area (Å²) in [6.07, 6.45) is 1.72. The van der Waals surface area contributed by atoms with Crippen molar-refractivity contribution in [2.75, 3.05) is 6.61 Å². The van der Waals surface area contributed by atoms with Crippen LogP contribution >= 0.6 is 0 Å². The van der Waals surface area contributed by atoms with Crippen LogP contribution in [0.1, 0.15) is 12.5 Å². The highest BCUT2D eigenvalue weighted by Gasteiger charge is 2.25. The Hall–Kier alpha value is -4.58. The third kappa shape index (κ3) is 4.09. The second kappa shape index (κ2) is 9.11. The first-order valence-electron chi connectivity index (χ1n) is 11.1. The van der Waals surface area contributed by atoms with Gasteiger partial charge in [0.1, 0.15) is 11.4 Å². The van der Waals surface area contributed by atoms with Gasteiger partial charge < -0.3 is 14.6 Å². The van der Waals surface area contributed by atoms with Crippen molar-refractivity contribution in [3.05, 3.63) is 102 Å². The molecule has 34 heavy (non-hydrogen) atoms. The Kier molecular flexibility index (Phi) is 5.70. The van der Waals surface area contributed by atoms with Crippen LogP contribution < -0.4 is 15.4 Å². The van der Waals surface area contributed by atoms with Gasteiger partial charge in [-0.05, 0) is 54.5 Å². The molecule has 0 radical (unpaired) electrons. The lowest BCUT2D eigenvalue weighted by atomic mass is 10.1. The molecule has 0 unspecified atom stereocenters. The molecule has 0 spiro atoms. The van der Waals surface area contributed by atoms with Crippen LogP contribution in [-0.2, 0) is 4.79 Å². The number of nitrogens with zero attached hydrogens (tertiary/aromatic N) is 1. The van der Waals surface area contributed by atoms with Crippen LogP contribution in [0.2, 0.25) is 0 Å². The number of amides is 3. The Bertz CT molecular complexity index is 1370. The predicted octanol–water partition coefficient (Wildman–Crippen LogP) is 5.39. The molecule has 0 aliphatic carbocycles. The SMILES string of the molecule is CCOc1ccc(-n2c(-c3ccccc3)cc(/C=C3\NC(=O)NC3=O)c2-c2ccccc2)cc1. The number of ether oxygens (including phenoxy) is 1. The number of imide groups is 1. The van der Waals surface area contributed by atoms with E-state index < -0.39 is 11.9 Å². The topological polar surface area (TPSA) is 72.4 Å². The third-order valence-corrected chi connectivity index (χ3v) is 5.57. The van der Waals surface area contributed by atoms with Crippen molar-refractivity contribution >= 4 is 18.0 Å². The molecule has 2 N–H and O–H groups in total. The van der Waals surface area contributed by atoms with Crippen molar-refractivity contribution < 1.29 is 14.3 Å². The van der Waals surface area contributed by atoms with Crippen molar-refractivity contribution in [2.24, 2.45) is 0 Å². The first kappa shape index (κ1) is 21.3. The molecular weight excluding hydrogens is 426 g/mol. The molecule has 6 nitrogen and oxygen atoms in total. The van der Waals surface area contributed by atoms with Crippen molar-refractivity contribution in [3.63, 3.8) is 0 Å². The van der Waals surface area contributed by atoms with E-state index in [4.69, 9.17) is 4.74 Å². The summed E-state index contributed by atoms with van der Waals surface area (Å²) < 4.78 is 7.81. The van der Waals surface area contributed by atoms with Gasteiger partial charge in [-0.1, -0.05) is 60.7 Å². The summed E-state index contributed by atoms with van der Waals surface area (Å²) in [7, 11) is 0. The number of urea groups is 1. The van der Waals surface area contributed by atoms with E-state index in [-0.39, 0.29) is 5.70 Å². The minimum atomic E-state index is -0.522. The van der Waals surface area contributed by atoms with Crippen molar-refractivity contribution in [3.8, 4) is 34.0 Å². The van der Waals surface area contributed by atoms with Crippen LogP contribution in [0.4, 0.5) is 4.79 Å². The van der Waals surface area contributed by atoms with Crippen molar-refractivity contribution in [1.82, 2.24) is 15.2 Å². The summed E-state index contributed by atoms with van der Waals surface area (Å²) in [5, 5.41) is 4.87. The number of nitrogens with one attached hydrogen (secondary N) is 2. The predicted molar refractivity (Wildman–Crippen MR) is 132 cm³/mol. The quantitative estimate of drug-likeness (QED) is 0.306. The molecule has 0 saturated carbocycles. The summed E-state index contributed by atoms with van der Waals surface area (Å²) in [6.45, 7) is 2.55. The molecule has 3 amide bonds. The normalized spacial score (nSPS) is 14.2. The molecule has 3 aromatic carbocycles. The highest BCUT2D eigenvalue weighted by molar-refractivity contribution is 6.14. The molecule has 1 aliphatic rings. The number of hydrogen-bond acceptors (Lipinski definition) is 3. The number of carbonyl (C=O) groups excluding carboxylic acids is 2. The average molecular weight is 450 g/mol. The highest BCUT2D eigenvalue weighted by atomic mass is 16.5. The van der Waals surface area contributed by atoms with E-state index in [0.717, 1.165) is 39.5 Å². The minimum absolute atomic E-state index is 0.214. The lowest BCUT2D eigenvalue weighted by molar-refractivity contribution is -0.115. The third-order valence-electron chi connectivity index (χ3n) is 5.57. The summed E-state index contributed by atoms with van der Waals surface area (Å²) in [4.78, 5) is 24.0. The van der Waals surface area contributed by atoms with Gasteiger partial charge in [-0.3, -0.25) is 10.1 Å². The fourth-order valence-corrected chi connectivity index (χ4v) is 4.12. The summed E-state index contributed by atoms with van der Waals surface area (Å²) >= 11 is 0. The van der Waals surface area contributed by atoms with Gasteiger partial charge >= 0.3 is 6.03 Å². The first-order valence-corrected chi connectivity index (χ1v) is 11.1. The maximum atomic E-state index is 12.3. The van der Waals surface area contributed by atoms with Crippen LogP contribution in [0, 0.1) is 0 Å². The number of hydrogen-bond donors (Lipinski definition) is 2. The molecule has 1 aromatic heterocycles. The number of rotatable bonds is 6. The molecule has 1 aliphatic heterocycles. The van der Waals surface area contributed by atoms with E-state index in [9.17, 15) is 9.59 Å². The standard InChI is InChI=1S/C28H23N3O3/c1-2-34-23-15-13-22(14-16-23)31-25(19-9-5-3-6-10-19)18-21(17-24-27(32)30-28(33)29-24)26(31)20-11-7-4-8-12-20/h3-18H,2H2,1H3,(H2,29,30,32,33)/b24-17-. The van der Waals surface area contributed by atoms with Crippen LogP contribution in [0.15, 0.2) is 96.7 Å². The molecule has 1 saturated heterocycles. The van der Waals surface area contributed by atoms with E-state index >= 15 is 0 Å². The lowest BCUT2D eigenvalue weighted by Crippen LogP contribution is -2.22. The Labute approximate surface area is 197 Å². The Morgan fingerprint density at radius 2 is 1.47 bits per heavy atom. The Morgan fingerprint density at radius 1 is 0.824 bits per heavy atom. The fourth-order valence-electron chi connectivity index (χ4n) is 4.12. The van der Waals surface area contributed by atoms with Gasteiger partial charge in [0.2, 0.25) is 0 Å². The summed E-state index contributed by atoms with van der Waals surface area (Å²) in [5.41, 5.74) is 5.85.